The van der Waals surface area contributed by atoms with Crippen molar-refractivity contribution in [3.8, 4) is 0 Å². The van der Waals surface area contributed by atoms with Crippen LogP contribution in [0.15, 0.2) is 24.3 Å². The van der Waals surface area contributed by atoms with Gasteiger partial charge in [-0.05, 0) is 31.5 Å². The number of hydrogen-bond acceptors (Lipinski definition) is 4. The third-order valence-corrected chi connectivity index (χ3v) is 3.02. The van der Waals surface area contributed by atoms with E-state index in [1.807, 2.05) is 26.0 Å². The van der Waals surface area contributed by atoms with Gasteiger partial charge in [0.2, 0.25) is 0 Å². The van der Waals surface area contributed by atoms with Crippen LogP contribution in [0.2, 0.25) is 0 Å². The summed E-state index contributed by atoms with van der Waals surface area (Å²) in [5.74, 6) is -0.226. The molecule has 2 N–H and O–H groups in total. The fourth-order valence-corrected chi connectivity index (χ4v) is 1.60. The summed E-state index contributed by atoms with van der Waals surface area (Å²) in [6, 6.07) is 7.29. The quantitative estimate of drug-likeness (QED) is 0.637. The summed E-state index contributed by atoms with van der Waals surface area (Å²) in [5.41, 5.74) is 6.55. The third kappa shape index (κ3) is 2.42. The van der Waals surface area contributed by atoms with Gasteiger partial charge in [0.25, 0.3) is 0 Å². The van der Waals surface area contributed by atoms with Gasteiger partial charge in [-0.3, -0.25) is 4.79 Å². The van der Waals surface area contributed by atoms with Crippen LogP contribution >= 0.6 is 0 Å². The minimum atomic E-state index is -0.663. The van der Waals surface area contributed by atoms with E-state index < -0.39 is 5.41 Å². The van der Waals surface area contributed by atoms with Crippen molar-refractivity contribution in [1.82, 2.24) is 0 Å². The van der Waals surface area contributed by atoms with Crippen molar-refractivity contribution < 1.29 is 14.3 Å². The summed E-state index contributed by atoms with van der Waals surface area (Å²) in [7, 11) is 0. The lowest BCUT2D eigenvalue weighted by atomic mass is 9.84. The van der Waals surface area contributed by atoms with Gasteiger partial charge in [-0.25, -0.2) is 0 Å². The second-order valence-electron chi connectivity index (χ2n) is 4.81. The van der Waals surface area contributed by atoms with Crippen molar-refractivity contribution in [2.75, 3.05) is 18.9 Å². The molecule has 1 aromatic carbocycles. The number of carbonyl (C=O) groups excluding carboxylic acids is 1. The predicted octanol–water partition coefficient (Wildman–Crippen LogP) is 1.49. The largest absolute Gasteiger partial charge is 0.457 e. The van der Waals surface area contributed by atoms with Crippen molar-refractivity contribution in [1.29, 1.82) is 0 Å². The minimum Gasteiger partial charge on any atom is -0.457 e. The zero-order valence-electron chi connectivity index (χ0n) is 10.1. The topological polar surface area (TPSA) is 61.5 Å². The molecular weight excluding hydrogens is 218 g/mol. The van der Waals surface area contributed by atoms with Crippen molar-refractivity contribution in [2.45, 2.75) is 25.4 Å². The zero-order chi connectivity index (χ0) is 12.5. The maximum absolute atomic E-state index is 12.0. The molecule has 0 atom stereocenters. The van der Waals surface area contributed by atoms with Crippen LogP contribution in [-0.2, 0) is 19.7 Å². The molecule has 1 saturated heterocycles. The normalized spacial score (nSPS) is 16.4. The number of rotatable bonds is 3. The fraction of sp³-hybridized carbons (Fsp3) is 0.462. The molecule has 1 heterocycles. The Labute approximate surface area is 101 Å². The van der Waals surface area contributed by atoms with Crippen LogP contribution in [0.3, 0.4) is 0 Å². The van der Waals surface area contributed by atoms with Crippen LogP contribution in [0.25, 0.3) is 0 Å². The molecule has 1 aromatic rings. The zero-order valence-corrected chi connectivity index (χ0v) is 10.1. The summed E-state index contributed by atoms with van der Waals surface area (Å²) in [4.78, 5) is 12.0. The highest BCUT2D eigenvalue weighted by Gasteiger charge is 2.35. The Hall–Kier alpha value is -1.55. The lowest BCUT2D eigenvalue weighted by Crippen LogP contribution is -2.42. The molecule has 0 saturated carbocycles. The lowest BCUT2D eigenvalue weighted by molar-refractivity contribution is -0.177. The Kier molecular flexibility index (Phi) is 3.07. The van der Waals surface area contributed by atoms with E-state index in [4.69, 9.17) is 15.2 Å². The van der Waals surface area contributed by atoms with Crippen molar-refractivity contribution >= 4 is 11.7 Å². The first-order valence-electron chi connectivity index (χ1n) is 5.65. The van der Waals surface area contributed by atoms with E-state index in [0.29, 0.717) is 18.9 Å². The molecule has 0 unspecified atom stereocenters. The molecule has 0 bridgehead atoms. The number of benzene rings is 1. The number of nitrogen functional groups attached to an aromatic ring is 1. The predicted molar refractivity (Wildman–Crippen MR) is 64.6 cm³/mol. The first-order valence-corrected chi connectivity index (χ1v) is 5.65. The average Bonchev–Trinajstić information content (AvgIpc) is 2.23. The van der Waals surface area contributed by atoms with Crippen LogP contribution < -0.4 is 5.73 Å². The molecule has 1 aliphatic heterocycles. The summed E-state index contributed by atoms with van der Waals surface area (Å²) in [6.45, 7) is 4.70. The fourth-order valence-electron chi connectivity index (χ4n) is 1.60. The van der Waals surface area contributed by atoms with Crippen molar-refractivity contribution in [3.63, 3.8) is 0 Å². The lowest BCUT2D eigenvalue weighted by Gasteiger charge is -2.30. The summed E-state index contributed by atoms with van der Waals surface area (Å²) < 4.78 is 10.3. The van der Waals surface area contributed by atoms with E-state index in [1.165, 1.54) is 0 Å². The Morgan fingerprint density at radius 1 is 1.35 bits per heavy atom. The smallest absolute Gasteiger partial charge is 0.316 e. The number of nitrogens with two attached hydrogens (primary N) is 1. The van der Waals surface area contributed by atoms with Crippen LogP contribution in [0, 0.1) is 0 Å². The second kappa shape index (κ2) is 4.37. The second-order valence-corrected chi connectivity index (χ2v) is 4.81. The minimum absolute atomic E-state index is 0.0874. The van der Waals surface area contributed by atoms with E-state index in [2.05, 4.69) is 0 Å². The third-order valence-electron chi connectivity index (χ3n) is 3.02. The average molecular weight is 235 g/mol. The molecule has 4 heteroatoms. The number of hydrogen-bond donors (Lipinski definition) is 1. The summed E-state index contributed by atoms with van der Waals surface area (Å²) in [6.07, 6.45) is -0.0874. The first kappa shape index (κ1) is 11.9. The van der Waals surface area contributed by atoms with E-state index in [1.54, 1.807) is 12.1 Å². The molecule has 0 spiro atoms. The van der Waals surface area contributed by atoms with Gasteiger partial charge in [0.15, 0.2) is 0 Å². The van der Waals surface area contributed by atoms with Crippen molar-refractivity contribution in [3.05, 3.63) is 29.8 Å². The van der Waals surface area contributed by atoms with Crippen LogP contribution in [0.5, 0.6) is 0 Å². The van der Waals surface area contributed by atoms with Gasteiger partial charge in [0.1, 0.15) is 6.10 Å². The summed E-state index contributed by atoms with van der Waals surface area (Å²) >= 11 is 0. The Balaban J connectivity index is 2.10. The van der Waals surface area contributed by atoms with Gasteiger partial charge in [0.05, 0.1) is 18.6 Å². The molecule has 1 fully saturated rings. The van der Waals surface area contributed by atoms with E-state index >= 15 is 0 Å². The maximum atomic E-state index is 12.0. The van der Waals surface area contributed by atoms with Crippen LogP contribution in [-0.4, -0.2) is 25.3 Å². The standard InChI is InChI=1S/C13H17NO3/c1-13(2,9-3-5-10(14)6-4-9)12(15)17-11-7-16-8-11/h3-6,11H,7-8,14H2,1-2H3. The molecular formula is C13H17NO3. The molecule has 0 aliphatic carbocycles. The van der Waals surface area contributed by atoms with Gasteiger partial charge < -0.3 is 15.2 Å². The molecule has 17 heavy (non-hydrogen) atoms. The van der Waals surface area contributed by atoms with Crippen LogP contribution in [0.1, 0.15) is 19.4 Å². The van der Waals surface area contributed by atoms with Gasteiger partial charge >= 0.3 is 5.97 Å². The molecule has 92 valence electrons. The molecule has 0 aromatic heterocycles. The molecule has 0 amide bonds. The maximum Gasteiger partial charge on any atom is 0.316 e. The van der Waals surface area contributed by atoms with Gasteiger partial charge in [-0.1, -0.05) is 12.1 Å². The first-order chi connectivity index (χ1) is 8.00. The summed E-state index contributed by atoms with van der Waals surface area (Å²) in [5, 5.41) is 0. The van der Waals surface area contributed by atoms with Crippen LogP contribution in [0.4, 0.5) is 5.69 Å². The highest BCUT2D eigenvalue weighted by molar-refractivity contribution is 5.82. The molecule has 1 aliphatic rings. The number of esters is 1. The monoisotopic (exact) mass is 235 g/mol. The van der Waals surface area contributed by atoms with Crippen molar-refractivity contribution in [2.24, 2.45) is 0 Å². The number of ether oxygens (including phenoxy) is 2. The molecule has 4 nitrogen and oxygen atoms in total. The number of anilines is 1. The van der Waals surface area contributed by atoms with E-state index in [0.717, 1.165) is 5.56 Å². The number of carbonyl (C=O) groups is 1. The van der Waals surface area contributed by atoms with Gasteiger partial charge in [0, 0.05) is 5.69 Å². The van der Waals surface area contributed by atoms with Gasteiger partial charge in [-0.2, -0.15) is 0 Å². The van der Waals surface area contributed by atoms with Gasteiger partial charge in [-0.15, -0.1) is 0 Å². The Morgan fingerprint density at radius 3 is 2.41 bits per heavy atom. The Morgan fingerprint density at radius 2 is 1.94 bits per heavy atom. The highest BCUT2D eigenvalue weighted by Crippen LogP contribution is 2.26. The Bertz CT molecular complexity index is 407. The van der Waals surface area contributed by atoms with E-state index in [-0.39, 0.29) is 12.1 Å². The van der Waals surface area contributed by atoms with E-state index in [9.17, 15) is 4.79 Å². The molecule has 2 rings (SSSR count). The SMILES string of the molecule is CC(C)(C(=O)OC1COC1)c1ccc(N)cc1. The highest BCUT2D eigenvalue weighted by atomic mass is 16.6. The molecule has 0 radical (unpaired) electrons.